The van der Waals surface area contributed by atoms with Gasteiger partial charge in [-0.05, 0) is 12.8 Å². The molecule has 2 rings (SSSR count). The molecule has 0 bridgehead atoms. The topological polar surface area (TPSA) is 74.1 Å². The molecule has 0 amide bonds. The Labute approximate surface area is 110 Å². The fourth-order valence-corrected chi connectivity index (χ4v) is 3.30. The average Bonchev–Trinajstić information content (AvgIpc) is 2.77. The van der Waals surface area contributed by atoms with Crippen LogP contribution in [-0.4, -0.2) is 58.4 Å². The highest BCUT2D eigenvalue weighted by atomic mass is 32.2. The first-order valence-corrected chi connectivity index (χ1v) is 7.10. The maximum Gasteiger partial charge on any atom is 0.159 e. The molecule has 5 nitrogen and oxygen atoms in total. The number of amidine groups is 1. The first kappa shape index (κ1) is 14.0. The summed E-state index contributed by atoms with van der Waals surface area (Å²) in [6.07, 6.45) is -1.05. The number of aliphatic hydroxyl groups is 2. The van der Waals surface area contributed by atoms with Crippen LogP contribution in [0.1, 0.15) is 19.8 Å². The lowest BCUT2D eigenvalue weighted by Crippen LogP contribution is -2.58. The van der Waals surface area contributed by atoms with Gasteiger partial charge in [0.15, 0.2) is 5.17 Å². The van der Waals surface area contributed by atoms with Gasteiger partial charge < -0.3 is 20.3 Å². The van der Waals surface area contributed by atoms with Crippen molar-refractivity contribution in [2.75, 3.05) is 13.2 Å². The maximum atomic E-state index is 12.0. The molecule has 0 spiro atoms. The van der Waals surface area contributed by atoms with E-state index in [1.165, 1.54) is 11.8 Å². The van der Waals surface area contributed by atoms with E-state index in [2.05, 4.69) is 10.3 Å². The lowest BCUT2D eigenvalue weighted by atomic mass is 9.97. The number of hydrogen-bond acceptors (Lipinski definition) is 5. The number of alkyl halides is 1. The number of aliphatic imine (C=N–C) groups is 1. The van der Waals surface area contributed by atoms with E-state index >= 15 is 0 Å². The van der Waals surface area contributed by atoms with Crippen LogP contribution in [0.4, 0.5) is 4.39 Å². The number of aliphatic hydroxyl groups excluding tert-OH is 2. The minimum atomic E-state index is -0.880. The summed E-state index contributed by atoms with van der Waals surface area (Å²) in [5.41, 5.74) is -0.238. The third-order valence-electron chi connectivity index (χ3n) is 3.17. The number of rotatable bonds is 4. The molecule has 0 aromatic rings. The SMILES string of the molecule is CCC1OC2SC(=NCCCF)NC2C(O)C1O. The molecule has 18 heavy (non-hydrogen) atoms. The zero-order valence-electron chi connectivity index (χ0n) is 10.3. The van der Waals surface area contributed by atoms with Gasteiger partial charge in [0.1, 0.15) is 17.6 Å². The molecule has 0 radical (unpaired) electrons. The largest absolute Gasteiger partial charge is 0.388 e. The van der Waals surface area contributed by atoms with Crippen molar-refractivity contribution < 1.29 is 19.3 Å². The number of ether oxygens (including phenoxy) is 1. The van der Waals surface area contributed by atoms with Crippen molar-refractivity contribution in [1.82, 2.24) is 5.32 Å². The van der Waals surface area contributed by atoms with Crippen molar-refractivity contribution in [2.45, 2.75) is 49.6 Å². The molecule has 5 atom stereocenters. The zero-order chi connectivity index (χ0) is 13.1. The molecule has 0 aromatic heterocycles. The molecule has 2 heterocycles. The number of thioether (sulfide) groups is 1. The Balaban J connectivity index is 1.98. The summed E-state index contributed by atoms with van der Waals surface area (Å²) < 4.78 is 17.7. The van der Waals surface area contributed by atoms with Crippen LogP contribution in [-0.2, 0) is 4.74 Å². The highest BCUT2D eigenvalue weighted by Crippen LogP contribution is 2.34. The van der Waals surface area contributed by atoms with E-state index in [0.29, 0.717) is 24.6 Å². The second-order valence-corrected chi connectivity index (χ2v) is 5.54. The van der Waals surface area contributed by atoms with Gasteiger partial charge in [0.25, 0.3) is 0 Å². The van der Waals surface area contributed by atoms with Gasteiger partial charge in [-0.2, -0.15) is 0 Å². The maximum absolute atomic E-state index is 12.0. The van der Waals surface area contributed by atoms with Gasteiger partial charge in [-0.25, -0.2) is 0 Å². The predicted octanol–water partition coefficient (Wildman–Crippen LogP) is 0.264. The zero-order valence-corrected chi connectivity index (χ0v) is 11.1. The summed E-state index contributed by atoms with van der Waals surface area (Å²) in [5.74, 6) is 0. The monoisotopic (exact) mass is 278 g/mol. The molecule has 2 fully saturated rings. The number of nitrogens with zero attached hydrogens (tertiary/aromatic N) is 1. The van der Waals surface area contributed by atoms with Gasteiger partial charge in [0.05, 0.1) is 18.8 Å². The molecule has 2 saturated heterocycles. The number of hydrogen-bond donors (Lipinski definition) is 3. The van der Waals surface area contributed by atoms with Crippen molar-refractivity contribution in [3.05, 3.63) is 0 Å². The van der Waals surface area contributed by atoms with Crippen molar-refractivity contribution in [1.29, 1.82) is 0 Å². The van der Waals surface area contributed by atoms with Gasteiger partial charge in [-0.1, -0.05) is 18.7 Å². The van der Waals surface area contributed by atoms with Gasteiger partial charge in [-0.3, -0.25) is 9.38 Å². The highest BCUT2D eigenvalue weighted by molar-refractivity contribution is 8.14. The van der Waals surface area contributed by atoms with Crippen LogP contribution in [0.15, 0.2) is 4.99 Å². The third kappa shape index (κ3) is 2.79. The molecule has 0 aromatic carbocycles. The van der Waals surface area contributed by atoms with Crippen LogP contribution in [0.3, 0.4) is 0 Å². The van der Waals surface area contributed by atoms with Crippen molar-refractivity contribution in [3.8, 4) is 0 Å². The Bertz CT molecular complexity index is 319. The Morgan fingerprint density at radius 2 is 2.22 bits per heavy atom. The Morgan fingerprint density at radius 1 is 1.44 bits per heavy atom. The second kappa shape index (κ2) is 6.18. The molecule has 5 unspecified atom stereocenters. The first-order chi connectivity index (χ1) is 8.67. The summed E-state index contributed by atoms with van der Waals surface area (Å²) in [7, 11) is 0. The Morgan fingerprint density at radius 3 is 2.89 bits per heavy atom. The molecule has 0 aliphatic carbocycles. The first-order valence-electron chi connectivity index (χ1n) is 6.22. The van der Waals surface area contributed by atoms with E-state index in [1.54, 1.807) is 0 Å². The van der Waals surface area contributed by atoms with E-state index in [4.69, 9.17) is 4.74 Å². The Hall–Kier alpha value is -0.370. The van der Waals surface area contributed by atoms with Crippen LogP contribution in [0.2, 0.25) is 0 Å². The summed E-state index contributed by atoms with van der Waals surface area (Å²) in [6, 6.07) is -0.350. The van der Waals surface area contributed by atoms with Gasteiger partial charge in [0.2, 0.25) is 0 Å². The van der Waals surface area contributed by atoms with Gasteiger partial charge in [0, 0.05) is 6.54 Å². The van der Waals surface area contributed by atoms with E-state index < -0.39 is 12.2 Å². The number of halogens is 1. The van der Waals surface area contributed by atoms with Crippen LogP contribution in [0, 0.1) is 0 Å². The molecular weight excluding hydrogens is 259 g/mol. The molecule has 2 aliphatic rings. The quantitative estimate of drug-likeness (QED) is 0.644. The van der Waals surface area contributed by atoms with Gasteiger partial charge in [-0.15, -0.1) is 0 Å². The van der Waals surface area contributed by atoms with Crippen molar-refractivity contribution in [3.63, 3.8) is 0 Å². The fraction of sp³-hybridized carbons (Fsp3) is 0.909. The summed E-state index contributed by atoms with van der Waals surface area (Å²) in [5, 5.41) is 23.6. The normalized spacial score (nSPS) is 41.8. The number of fused-ring (bicyclic) bond motifs is 1. The third-order valence-corrected chi connectivity index (χ3v) is 4.28. The minimum Gasteiger partial charge on any atom is -0.388 e. The van der Waals surface area contributed by atoms with E-state index in [9.17, 15) is 14.6 Å². The van der Waals surface area contributed by atoms with Crippen molar-refractivity contribution >= 4 is 16.9 Å². The van der Waals surface area contributed by atoms with E-state index in [0.717, 1.165) is 0 Å². The summed E-state index contributed by atoms with van der Waals surface area (Å²) >= 11 is 1.39. The standard InChI is InChI=1S/C11H19FN2O3S/c1-2-6-8(15)9(16)7-10(17-6)18-11(14-7)13-5-3-4-12/h6-10,15-16H,2-5H2,1H3,(H,13,14). The summed E-state index contributed by atoms with van der Waals surface area (Å²) in [6.45, 7) is 1.94. The van der Waals surface area contributed by atoms with E-state index in [1.807, 2.05) is 6.92 Å². The molecule has 7 heteroatoms. The smallest absolute Gasteiger partial charge is 0.159 e. The number of nitrogens with one attached hydrogen (secondary N) is 1. The highest BCUT2D eigenvalue weighted by Gasteiger charge is 2.48. The van der Waals surface area contributed by atoms with Crippen LogP contribution < -0.4 is 5.32 Å². The van der Waals surface area contributed by atoms with Crippen LogP contribution in [0.5, 0.6) is 0 Å². The minimum absolute atomic E-state index is 0.238. The average molecular weight is 278 g/mol. The van der Waals surface area contributed by atoms with Gasteiger partial charge >= 0.3 is 0 Å². The molecule has 2 aliphatic heterocycles. The van der Waals surface area contributed by atoms with E-state index in [-0.39, 0.29) is 24.3 Å². The predicted molar refractivity (Wildman–Crippen MR) is 68.4 cm³/mol. The lowest BCUT2D eigenvalue weighted by molar-refractivity contribution is -0.156. The molecular formula is C11H19FN2O3S. The van der Waals surface area contributed by atoms with Crippen LogP contribution >= 0.6 is 11.8 Å². The van der Waals surface area contributed by atoms with Crippen LogP contribution in [0.25, 0.3) is 0 Å². The molecule has 3 N–H and O–H groups in total. The van der Waals surface area contributed by atoms with Crippen molar-refractivity contribution in [2.24, 2.45) is 4.99 Å². The second-order valence-electron chi connectivity index (χ2n) is 4.45. The Kier molecular flexibility index (Phi) is 4.83. The summed E-state index contributed by atoms with van der Waals surface area (Å²) in [4.78, 5) is 4.20. The lowest BCUT2D eigenvalue weighted by Gasteiger charge is -2.38. The molecule has 0 saturated carbocycles. The molecule has 104 valence electrons. The fourth-order valence-electron chi connectivity index (χ4n) is 2.13.